The molecule has 0 bridgehead atoms. The average molecular weight is 364 g/mol. The number of morpholine rings is 1. The van der Waals surface area contributed by atoms with Crippen LogP contribution in [0.2, 0.25) is 0 Å². The molecule has 26 heavy (non-hydrogen) atoms. The molecule has 0 radical (unpaired) electrons. The van der Waals surface area contributed by atoms with Crippen LogP contribution in [0.3, 0.4) is 0 Å². The fraction of sp³-hybridized carbons (Fsp3) is 0.650. The van der Waals surface area contributed by atoms with Gasteiger partial charge in [0.05, 0.1) is 25.5 Å². The lowest BCUT2D eigenvalue weighted by Crippen LogP contribution is -2.38. The summed E-state index contributed by atoms with van der Waals surface area (Å²) in [6.45, 7) is 7.23. The van der Waals surface area contributed by atoms with Gasteiger partial charge in [0.2, 0.25) is 0 Å². The second-order valence-electron chi connectivity index (χ2n) is 6.47. The number of carbonyl (C=O) groups is 1. The lowest BCUT2D eigenvalue weighted by Gasteiger charge is -2.26. The minimum absolute atomic E-state index is 0.367. The van der Waals surface area contributed by atoms with E-state index in [4.69, 9.17) is 14.2 Å². The minimum Gasteiger partial charge on any atom is -0.491 e. The lowest BCUT2D eigenvalue weighted by molar-refractivity contribution is 0.0290. The van der Waals surface area contributed by atoms with Crippen LogP contribution in [0.5, 0.6) is 5.75 Å². The van der Waals surface area contributed by atoms with Crippen molar-refractivity contribution >= 4 is 11.8 Å². The van der Waals surface area contributed by atoms with Crippen molar-refractivity contribution in [3.63, 3.8) is 0 Å². The quantitative estimate of drug-likeness (QED) is 0.603. The molecule has 1 saturated heterocycles. The third-order valence-electron chi connectivity index (χ3n) is 4.37. The summed E-state index contributed by atoms with van der Waals surface area (Å²) >= 11 is 0. The first kappa shape index (κ1) is 20.5. The molecular formula is C20H32N2O4. The van der Waals surface area contributed by atoms with Crippen molar-refractivity contribution in [3.05, 3.63) is 24.3 Å². The Labute approximate surface area is 156 Å². The molecule has 1 aromatic rings. The third kappa shape index (κ3) is 8.06. The highest BCUT2D eigenvalue weighted by molar-refractivity contribution is 5.86. The molecule has 1 fully saturated rings. The molecule has 0 saturated carbocycles. The largest absolute Gasteiger partial charge is 0.491 e. The molecule has 0 aromatic heterocycles. The van der Waals surface area contributed by atoms with Gasteiger partial charge in [-0.2, -0.15) is 0 Å². The molecule has 1 aromatic carbocycles. The number of anilines is 1. The Balaban J connectivity index is 1.67. The van der Waals surface area contributed by atoms with E-state index < -0.39 is 6.09 Å². The second kappa shape index (κ2) is 12.5. The van der Waals surface area contributed by atoms with E-state index in [9.17, 15) is 4.79 Å². The van der Waals surface area contributed by atoms with Crippen LogP contribution in [0.1, 0.15) is 39.0 Å². The smallest absolute Gasteiger partial charge is 0.411 e. The van der Waals surface area contributed by atoms with Gasteiger partial charge < -0.3 is 14.2 Å². The fourth-order valence-corrected chi connectivity index (χ4v) is 2.82. The predicted octanol–water partition coefficient (Wildman–Crippen LogP) is 3.92. The third-order valence-corrected chi connectivity index (χ3v) is 4.37. The normalized spacial score (nSPS) is 14.8. The number of ether oxygens (including phenoxy) is 3. The van der Waals surface area contributed by atoms with Crippen molar-refractivity contribution in [2.45, 2.75) is 39.0 Å². The highest BCUT2D eigenvalue weighted by Gasteiger charge is 2.12. The summed E-state index contributed by atoms with van der Waals surface area (Å²) < 4.78 is 16.4. The topological polar surface area (TPSA) is 60.0 Å². The number of carbonyl (C=O) groups excluding carboxylic acids is 1. The average Bonchev–Trinajstić information content (AvgIpc) is 2.66. The Morgan fingerprint density at radius 1 is 1.12 bits per heavy atom. The van der Waals surface area contributed by atoms with Crippen LogP contribution >= 0.6 is 0 Å². The van der Waals surface area contributed by atoms with Gasteiger partial charge >= 0.3 is 6.09 Å². The fourth-order valence-electron chi connectivity index (χ4n) is 2.82. The SMILES string of the molecule is CCCCCCCOc1ccccc1NC(=O)OCCN1CCOCC1. The van der Waals surface area contributed by atoms with Crippen molar-refractivity contribution in [2.75, 3.05) is 51.4 Å². The zero-order chi connectivity index (χ0) is 18.5. The maximum absolute atomic E-state index is 12.0. The molecule has 6 nitrogen and oxygen atoms in total. The van der Waals surface area contributed by atoms with Crippen molar-refractivity contribution < 1.29 is 19.0 Å². The molecule has 146 valence electrons. The highest BCUT2D eigenvalue weighted by Crippen LogP contribution is 2.24. The van der Waals surface area contributed by atoms with E-state index in [2.05, 4.69) is 17.1 Å². The van der Waals surface area contributed by atoms with E-state index in [1.54, 1.807) is 0 Å². The number of nitrogens with one attached hydrogen (secondary N) is 1. The number of rotatable bonds is 11. The predicted molar refractivity (Wildman–Crippen MR) is 103 cm³/mol. The van der Waals surface area contributed by atoms with Crippen LogP contribution in [0.15, 0.2) is 24.3 Å². The Morgan fingerprint density at radius 2 is 1.88 bits per heavy atom. The number of nitrogens with zero attached hydrogens (tertiary/aromatic N) is 1. The van der Waals surface area contributed by atoms with Gasteiger partial charge in [-0.05, 0) is 18.6 Å². The van der Waals surface area contributed by atoms with Crippen LogP contribution in [-0.2, 0) is 9.47 Å². The van der Waals surface area contributed by atoms with E-state index in [1.807, 2.05) is 24.3 Å². The maximum Gasteiger partial charge on any atom is 0.411 e. The molecule has 1 amide bonds. The summed E-state index contributed by atoms with van der Waals surface area (Å²) in [7, 11) is 0. The van der Waals surface area contributed by atoms with Crippen LogP contribution < -0.4 is 10.1 Å². The summed E-state index contributed by atoms with van der Waals surface area (Å²) in [6, 6.07) is 7.48. The molecule has 0 atom stereocenters. The Morgan fingerprint density at radius 3 is 2.69 bits per heavy atom. The Bertz CT molecular complexity index is 518. The van der Waals surface area contributed by atoms with Crippen molar-refractivity contribution in [3.8, 4) is 5.75 Å². The first-order valence-electron chi connectivity index (χ1n) is 9.75. The van der Waals surface area contributed by atoms with Gasteiger partial charge in [-0.1, -0.05) is 44.7 Å². The molecule has 0 aliphatic carbocycles. The van der Waals surface area contributed by atoms with Gasteiger partial charge in [0.15, 0.2) is 0 Å². The molecule has 2 rings (SSSR count). The molecule has 6 heteroatoms. The van der Waals surface area contributed by atoms with Crippen LogP contribution in [0.25, 0.3) is 0 Å². The van der Waals surface area contributed by atoms with Crippen molar-refractivity contribution in [2.24, 2.45) is 0 Å². The van der Waals surface area contributed by atoms with Crippen molar-refractivity contribution in [1.29, 1.82) is 0 Å². The van der Waals surface area contributed by atoms with Gasteiger partial charge in [0.1, 0.15) is 12.4 Å². The lowest BCUT2D eigenvalue weighted by atomic mass is 10.2. The van der Waals surface area contributed by atoms with E-state index in [0.717, 1.165) is 39.3 Å². The van der Waals surface area contributed by atoms with Crippen LogP contribution in [0, 0.1) is 0 Å². The zero-order valence-electron chi connectivity index (χ0n) is 15.9. The zero-order valence-corrected chi connectivity index (χ0v) is 15.9. The standard InChI is InChI=1S/C20H32N2O4/c1-2-3-4-5-8-14-25-19-10-7-6-9-18(19)21-20(23)26-17-13-22-11-15-24-16-12-22/h6-7,9-10H,2-5,8,11-17H2,1H3,(H,21,23). The summed E-state index contributed by atoms with van der Waals surface area (Å²) in [6.07, 6.45) is 5.51. The Kier molecular flexibility index (Phi) is 9.90. The molecule has 1 N–H and O–H groups in total. The van der Waals surface area contributed by atoms with Gasteiger partial charge in [-0.3, -0.25) is 10.2 Å². The van der Waals surface area contributed by atoms with Crippen LogP contribution in [0.4, 0.5) is 10.5 Å². The van der Waals surface area contributed by atoms with E-state index in [1.165, 1.54) is 25.7 Å². The molecule has 1 aliphatic rings. The number of hydrogen-bond acceptors (Lipinski definition) is 5. The van der Waals surface area contributed by atoms with E-state index in [-0.39, 0.29) is 0 Å². The number of para-hydroxylation sites is 2. The second-order valence-corrected chi connectivity index (χ2v) is 6.47. The molecule has 0 spiro atoms. The number of unbranched alkanes of at least 4 members (excludes halogenated alkanes) is 4. The summed E-state index contributed by atoms with van der Waals surface area (Å²) in [5.41, 5.74) is 0.650. The van der Waals surface area contributed by atoms with Gasteiger partial charge in [0.25, 0.3) is 0 Å². The maximum atomic E-state index is 12.0. The van der Waals surface area contributed by atoms with E-state index in [0.29, 0.717) is 24.7 Å². The minimum atomic E-state index is -0.447. The highest BCUT2D eigenvalue weighted by atomic mass is 16.5. The first-order valence-corrected chi connectivity index (χ1v) is 9.75. The van der Waals surface area contributed by atoms with Gasteiger partial charge in [-0.15, -0.1) is 0 Å². The molecular weight excluding hydrogens is 332 g/mol. The van der Waals surface area contributed by atoms with E-state index >= 15 is 0 Å². The molecule has 0 unspecified atom stereocenters. The first-order chi connectivity index (χ1) is 12.8. The van der Waals surface area contributed by atoms with Gasteiger partial charge in [-0.25, -0.2) is 4.79 Å². The number of amides is 1. The van der Waals surface area contributed by atoms with Crippen molar-refractivity contribution in [1.82, 2.24) is 4.90 Å². The Hall–Kier alpha value is -1.79. The summed E-state index contributed by atoms with van der Waals surface area (Å²) in [4.78, 5) is 14.3. The molecule has 1 heterocycles. The monoisotopic (exact) mass is 364 g/mol. The number of benzene rings is 1. The summed E-state index contributed by atoms with van der Waals surface area (Å²) in [5.74, 6) is 0.688. The molecule has 1 aliphatic heterocycles. The van der Waals surface area contributed by atoms with Crippen LogP contribution in [-0.4, -0.2) is 57.1 Å². The van der Waals surface area contributed by atoms with Gasteiger partial charge in [0, 0.05) is 19.6 Å². The summed E-state index contributed by atoms with van der Waals surface area (Å²) in [5, 5.41) is 2.78. The number of hydrogen-bond donors (Lipinski definition) is 1.